The third kappa shape index (κ3) is 8.00. The Morgan fingerprint density at radius 2 is 2.17 bits per heavy atom. The predicted molar refractivity (Wildman–Crippen MR) is 88.6 cm³/mol. The van der Waals surface area contributed by atoms with Gasteiger partial charge in [0.25, 0.3) is 0 Å². The van der Waals surface area contributed by atoms with E-state index in [1.807, 2.05) is 6.07 Å². The highest BCUT2D eigenvalue weighted by Gasteiger charge is 2.16. The molecule has 0 unspecified atom stereocenters. The number of ether oxygens (including phenoxy) is 3. The average molecular weight is 341 g/mol. The third-order valence-corrected chi connectivity index (χ3v) is 4.48. The highest BCUT2D eigenvalue weighted by Crippen LogP contribution is 2.19. The Balaban J connectivity index is 2.53. The molecule has 23 heavy (non-hydrogen) atoms. The molecule has 1 atom stereocenters. The Bertz CT molecular complexity index is 609. The molecule has 7 heteroatoms. The van der Waals surface area contributed by atoms with E-state index in [1.165, 1.54) is 7.11 Å². The molecule has 0 aliphatic carbocycles. The summed E-state index contributed by atoms with van der Waals surface area (Å²) in [5.74, 6) is 2.99. The van der Waals surface area contributed by atoms with Crippen LogP contribution in [0, 0.1) is 12.3 Å². The van der Waals surface area contributed by atoms with Gasteiger partial charge >= 0.3 is 0 Å². The van der Waals surface area contributed by atoms with Crippen LogP contribution in [0.1, 0.15) is 24.9 Å². The molecular weight excluding hydrogens is 318 g/mol. The number of terminal acetylenes is 1. The summed E-state index contributed by atoms with van der Waals surface area (Å²) in [6.45, 7) is 2.44. The zero-order valence-electron chi connectivity index (χ0n) is 13.4. The molecule has 6 nitrogen and oxygen atoms in total. The van der Waals surface area contributed by atoms with Crippen LogP contribution in [-0.4, -0.2) is 41.3 Å². The van der Waals surface area contributed by atoms with E-state index in [1.54, 1.807) is 25.1 Å². The molecule has 0 aromatic heterocycles. The summed E-state index contributed by atoms with van der Waals surface area (Å²) in [6, 6.07) is 6.80. The summed E-state index contributed by atoms with van der Waals surface area (Å²) in [6.07, 6.45) is 5.55. The fraction of sp³-hybridized carbons (Fsp3) is 0.500. The van der Waals surface area contributed by atoms with Gasteiger partial charge in [0.1, 0.15) is 19.1 Å². The lowest BCUT2D eigenvalue weighted by molar-refractivity contribution is -0.0298. The molecular formula is C16H23NO5S. The van der Waals surface area contributed by atoms with Gasteiger partial charge in [0.2, 0.25) is 10.0 Å². The maximum absolute atomic E-state index is 12.0. The highest BCUT2D eigenvalue weighted by atomic mass is 32.2. The van der Waals surface area contributed by atoms with Crippen LogP contribution >= 0.6 is 0 Å². The predicted octanol–water partition coefficient (Wildman–Crippen LogP) is 1.69. The Labute approximate surface area is 138 Å². The number of benzene rings is 1. The standard InChI is InChI=1S/C16H23NO5S/c1-4-9-22-16-8-5-7-15(12-16)14(2)17-23(18,19)11-6-10-21-13-20-3/h1,5,7-8,12,14,17H,6,9-11,13H2,2-3H3/t14-/m1/s1. The van der Waals surface area contributed by atoms with Crippen LogP contribution in [0.5, 0.6) is 5.75 Å². The van der Waals surface area contributed by atoms with E-state index in [2.05, 4.69) is 10.6 Å². The van der Waals surface area contributed by atoms with Crippen molar-refractivity contribution in [2.24, 2.45) is 0 Å². The minimum Gasteiger partial charge on any atom is -0.481 e. The zero-order chi connectivity index (χ0) is 17.1. The molecule has 1 aromatic carbocycles. The molecule has 0 aliphatic rings. The largest absolute Gasteiger partial charge is 0.481 e. The molecule has 0 aliphatic heterocycles. The third-order valence-electron chi connectivity index (χ3n) is 2.94. The van der Waals surface area contributed by atoms with E-state index in [0.29, 0.717) is 18.8 Å². The molecule has 1 rings (SSSR count). The van der Waals surface area contributed by atoms with E-state index in [0.717, 1.165) is 5.56 Å². The highest BCUT2D eigenvalue weighted by molar-refractivity contribution is 7.89. The van der Waals surface area contributed by atoms with E-state index in [-0.39, 0.29) is 25.2 Å². The van der Waals surface area contributed by atoms with E-state index >= 15 is 0 Å². The minimum absolute atomic E-state index is 0.00562. The minimum atomic E-state index is -3.39. The normalized spacial score (nSPS) is 12.6. The van der Waals surface area contributed by atoms with Gasteiger partial charge in [-0.2, -0.15) is 0 Å². The topological polar surface area (TPSA) is 73.9 Å². The van der Waals surface area contributed by atoms with Crippen molar-refractivity contribution >= 4 is 10.0 Å². The van der Waals surface area contributed by atoms with Gasteiger partial charge in [-0.25, -0.2) is 13.1 Å². The average Bonchev–Trinajstić information content (AvgIpc) is 2.52. The molecule has 0 saturated heterocycles. The van der Waals surface area contributed by atoms with Crippen molar-refractivity contribution < 1.29 is 22.6 Å². The Kier molecular flexibility index (Phi) is 8.66. The van der Waals surface area contributed by atoms with Crippen molar-refractivity contribution in [2.45, 2.75) is 19.4 Å². The Hall–Kier alpha value is -1.59. The number of nitrogens with one attached hydrogen (secondary N) is 1. The second-order valence-corrected chi connectivity index (χ2v) is 6.77. The van der Waals surface area contributed by atoms with Gasteiger partial charge in [0.15, 0.2) is 0 Å². The van der Waals surface area contributed by atoms with Crippen molar-refractivity contribution in [3.05, 3.63) is 29.8 Å². The van der Waals surface area contributed by atoms with Crippen LogP contribution in [0.2, 0.25) is 0 Å². The van der Waals surface area contributed by atoms with Crippen LogP contribution in [0.4, 0.5) is 0 Å². The van der Waals surface area contributed by atoms with Crippen LogP contribution in [0.25, 0.3) is 0 Å². The summed E-state index contributed by atoms with van der Waals surface area (Å²) in [5.41, 5.74) is 0.804. The first kappa shape index (κ1) is 19.5. The summed E-state index contributed by atoms with van der Waals surface area (Å²) in [7, 11) is -1.87. The van der Waals surface area contributed by atoms with Gasteiger partial charge in [-0.15, -0.1) is 6.42 Å². The molecule has 0 radical (unpaired) electrons. The zero-order valence-corrected chi connectivity index (χ0v) is 14.3. The summed E-state index contributed by atoms with van der Waals surface area (Å²) in [5, 5.41) is 0. The van der Waals surface area contributed by atoms with Gasteiger partial charge in [0.05, 0.1) is 12.4 Å². The lowest BCUT2D eigenvalue weighted by atomic mass is 10.1. The number of sulfonamides is 1. The molecule has 0 saturated carbocycles. The Morgan fingerprint density at radius 3 is 2.87 bits per heavy atom. The number of hydrogen-bond acceptors (Lipinski definition) is 5. The van der Waals surface area contributed by atoms with Gasteiger partial charge in [-0.1, -0.05) is 18.1 Å². The first-order chi connectivity index (χ1) is 11.0. The van der Waals surface area contributed by atoms with Crippen molar-refractivity contribution in [3.63, 3.8) is 0 Å². The smallest absolute Gasteiger partial charge is 0.212 e. The molecule has 0 fully saturated rings. The van der Waals surface area contributed by atoms with E-state index in [9.17, 15) is 8.42 Å². The Morgan fingerprint density at radius 1 is 1.39 bits per heavy atom. The summed E-state index contributed by atoms with van der Waals surface area (Å²) >= 11 is 0. The molecule has 0 amide bonds. The van der Waals surface area contributed by atoms with Crippen molar-refractivity contribution in [2.75, 3.05) is 32.9 Å². The monoisotopic (exact) mass is 341 g/mol. The molecule has 0 spiro atoms. The lowest BCUT2D eigenvalue weighted by Gasteiger charge is -2.15. The van der Waals surface area contributed by atoms with Crippen LogP contribution in [0.3, 0.4) is 0 Å². The van der Waals surface area contributed by atoms with Crippen LogP contribution in [0.15, 0.2) is 24.3 Å². The number of methoxy groups -OCH3 is 1. The van der Waals surface area contributed by atoms with E-state index < -0.39 is 10.0 Å². The lowest BCUT2D eigenvalue weighted by Crippen LogP contribution is -2.29. The molecule has 0 bridgehead atoms. The van der Waals surface area contributed by atoms with Crippen LogP contribution < -0.4 is 9.46 Å². The van der Waals surface area contributed by atoms with Crippen molar-refractivity contribution in [3.8, 4) is 18.1 Å². The van der Waals surface area contributed by atoms with Gasteiger partial charge < -0.3 is 14.2 Å². The number of hydrogen-bond donors (Lipinski definition) is 1. The molecule has 0 heterocycles. The quantitative estimate of drug-likeness (QED) is 0.377. The summed E-state index contributed by atoms with van der Waals surface area (Å²) < 4.78 is 41.9. The van der Waals surface area contributed by atoms with Crippen molar-refractivity contribution in [1.82, 2.24) is 4.72 Å². The van der Waals surface area contributed by atoms with Gasteiger partial charge in [-0.05, 0) is 31.0 Å². The maximum Gasteiger partial charge on any atom is 0.212 e. The fourth-order valence-electron chi connectivity index (χ4n) is 1.89. The first-order valence-corrected chi connectivity index (χ1v) is 8.86. The molecule has 128 valence electrons. The van der Waals surface area contributed by atoms with Gasteiger partial charge in [0, 0.05) is 13.2 Å². The SMILES string of the molecule is C#CCOc1cccc([C@@H](C)NS(=O)(=O)CCCOCOC)c1. The first-order valence-electron chi connectivity index (χ1n) is 7.21. The van der Waals surface area contributed by atoms with E-state index in [4.69, 9.17) is 20.6 Å². The van der Waals surface area contributed by atoms with Crippen LogP contribution in [-0.2, 0) is 19.5 Å². The fourth-order valence-corrected chi connectivity index (χ4v) is 3.18. The van der Waals surface area contributed by atoms with Crippen molar-refractivity contribution in [1.29, 1.82) is 0 Å². The maximum atomic E-state index is 12.0. The number of rotatable bonds is 11. The second-order valence-electron chi connectivity index (χ2n) is 4.89. The summed E-state index contributed by atoms with van der Waals surface area (Å²) in [4.78, 5) is 0. The second kappa shape index (κ2) is 10.2. The molecule has 1 aromatic rings. The van der Waals surface area contributed by atoms with Gasteiger partial charge in [-0.3, -0.25) is 0 Å². The molecule has 1 N–H and O–H groups in total.